The Morgan fingerprint density at radius 2 is 1.88 bits per heavy atom. The zero-order valence-electron chi connectivity index (χ0n) is 14.2. The van der Waals surface area contributed by atoms with E-state index in [-0.39, 0.29) is 18.4 Å². The van der Waals surface area contributed by atoms with Crippen molar-refractivity contribution in [3.63, 3.8) is 0 Å². The van der Waals surface area contributed by atoms with E-state index in [9.17, 15) is 9.59 Å². The Hall–Kier alpha value is -2.04. The summed E-state index contributed by atoms with van der Waals surface area (Å²) in [7, 11) is 0. The maximum absolute atomic E-state index is 12.2. The third-order valence-electron chi connectivity index (χ3n) is 3.73. The van der Waals surface area contributed by atoms with Crippen molar-refractivity contribution >= 4 is 40.7 Å². The van der Waals surface area contributed by atoms with Crippen LogP contribution in [0.2, 0.25) is 10.0 Å². The first-order chi connectivity index (χ1) is 11.9. The fraction of sp³-hybridized carbons (Fsp3) is 0.263. The van der Waals surface area contributed by atoms with Crippen molar-refractivity contribution in [1.29, 1.82) is 0 Å². The van der Waals surface area contributed by atoms with Gasteiger partial charge in [-0.1, -0.05) is 41.4 Å². The quantitative estimate of drug-likeness (QED) is 0.825. The SMILES string of the molecule is CC(=O)N(CC(=O)NCCc1ccc(Cl)cc1Cl)c1cccc(C)c1. The molecular formula is C19H20Cl2N2O2. The van der Waals surface area contributed by atoms with Crippen molar-refractivity contribution in [2.24, 2.45) is 0 Å². The average molecular weight is 379 g/mol. The van der Waals surface area contributed by atoms with Gasteiger partial charge in [-0.3, -0.25) is 9.59 Å². The zero-order valence-corrected chi connectivity index (χ0v) is 15.7. The van der Waals surface area contributed by atoms with Gasteiger partial charge in [0.15, 0.2) is 0 Å². The summed E-state index contributed by atoms with van der Waals surface area (Å²) in [6.07, 6.45) is 0.590. The summed E-state index contributed by atoms with van der Waals surface area (Å²) in [6, 6.07) is 12.8. The molecule has 1 N–H and O–H groups in total. The summed E-state index contributed by atoms with van der Waals surface area (Å²) >= 11 is 12.0. The fourth-order valence-electron chi connectivity index (χ4n) is 2.44. The van der Waals surface area contributed by atoms with Crippen LogP contribution in [-0.2, 0) is 16.0 Å². The van der Waals surface area contributed by atoms with Gasteiger partial charge in [-0.2, -0.15) is 0 Å². The lowest BCUT2D eigenvalue weighted by molar-refractivity contribution is -0.123. The van der Waals surface area contributed by atoms with E-state index in [0.717, 1.165) is 11.1 Å². The summed E-state index contributed by atoms with van der Waals surface area (Å²) in [4.78, 5) is 25.5. The highest BCUT2D eigenvalue weighted by Gasteiger charge is 2.15. The van der Waals surface area contributed by atoms with Gasteiger partial charge in [0.05, 0.1) is 0 Å². The van der Waals surface area contributed by atoms with E-state index >= 15 is 0 Å². The van der Waals surface area contributed by atoms with Crippen LogP contribution in [0.4, 0.5) is 5.69 Å². The van der Waals surface area contributed by atoms with Crippen LogP contribution in [0.25, 0.3) is 0 Å². The number of nitrogens with one attached hydrogen (secondary N) is 1. The minimum absolute atomic E-state index is 0.0207. The van der Waals surface area contributed by atoms with Crippen LogP contribution < -0.4 is 10.2 Å². The van der Waals surface area contributed by atoms with Gasteiger partial charge >= 0.3 is 0 Å². The van der Waals surface area contributed by atoms with Crippen LogP contribution in [-0.4, -0.2) is 24.9 Å². The van der Waals surface area contributed by atoms with Crippen LogP contribution in [0, 0.1) is 6.92 Å². The molecule has 2 rings (SSSR count). The van der Waals surface area contributed by atoms with E-state index in [1.165, 1.54) is 11.8 Å². The van der Waals surface area contributed by atoms with Crippen LogP contribution in [0.3, 0.4) is 0 Å². The molecule has 0 radical (unpaired) electrons. The Balaban J connectivity index is 1.92. The van der Waals surface area contributed by atoms with Gasteiger partial charge in [0.1, 0.15) is 6.54 Å². The molecular weight excluding hydrogens is 359 g/mol. The number of amides is 2. The molecule has 2 aromatic carbocycles. The van der Waals surface area contributed by atoms with Gasteiger partial charge in [-0.15, -0.1) is 0 Å². The highest BCUT2D eigenvalue weighted by molar-refractivity contribution is 6.35. The molecule has 132 valence electrons. The molecule has 0 bridgehead atoms. The number of carbonyl (C=O) groups is 2. The fourth-order valence-corrected chi connectivity index (χ4v) is 2.94. The molecule has 0 aliphatic rings. The van der Waals surface area contributed by atoms with E-state index in [2.05, 4.69) is 5.32 Å². The second-order valence-electron chi connectivity index (χ2n) is 5.78. The van der Waals surface area contributed by atoms with Gasteiger partial charge in [0, 0.05) is 29.2 Å². The van der Waals surface area contributed by atoms with E-state index in [4.69, 9.17) is 23.2 Å². The van der Waals surface area contributed by atoms with Crippen LogP contribution in [0.1, 0.15) is 18.1 Å². The van der Waals surface area contributed by atoms with Crippen molar-refractivity contribution in [2.75, 3.05) is 18.0 Å². The van der Waals surface area contributed by atoms with E-state index in [1.807, 2.05) is 37.3 Å². The lowest BCUT2D eigenvalue weighted by Gasteiger charge is -2.21. The maximum atomic E-state index is 12.2. The second kappa shape index (κ2) is 8.88. The highest BCUT2D eigenvalue weighted by atomic mass is 35.5. The first-order valence-corrected chi connectivity index (χ1v) is 8.68. The first kappa shape index (κ1) is 19.3. The topological polar surface area (TPSA) is 49.4 Å². The van der Waals surface area contributed by atoms with Crippen LogP contribution >= 0.6 is 23.2 Å². The molecule has 0 saturated carbocycles. The molecule has 0 spiro atoms. The average Bonchev–Trinajstić information content (AvgIpc) is 2.54. The largest absolute Gasteiger partial charge is 0.354 e. The number of rotatable bonds is 6. The van der Waals surface area contributed by atoms with Crippen molar-refractivity contribution < 1.29 is 9.59 Å². The van der Waals surface area contributed by atoms with E-state index in [1.54, 1.807) is 12.1 Å². The number of halogens is 2. The highest BCUT2D eigenvalue weighted by Crippen LogP contribution is 2.21. The standard InChI is InChI=1S/C19H20Cl2N2O2/c1-13-4-3-5-17(10-13)23(14(2)24)12-19(25)22-9-8-15-6-7-16(20)11-18(15)21/h3-7,10-11H,8-9,12H2,1-2H3,(H,22,25). The molecule has 0 saturated heterocycles. The predicted octanol–water partition coefficient (Wildman–Crippen LogP) is 4.01. The minimum Gasteiger partial charge on any atom is -0.354 e. The summed E-state index contributed by atoms with van der Waals surface area (Å²) in [5, 5.41) is 3.97. The maximum Gasteiger partial charge on any atom is 0.240 e. The number of aryl methyl sites for hydroxylation is 1. The first-order valence-electron chi connectivity index (χ1n) is 7.92. The molecule has 0 fully saturated rings. The zero-order chi connectivity index (χ0) is 18.4. The smallest absolute Gasteiger partial charge is 0.240 e. The Morgan fingerprint density at radius 3 is 2.52 bits per heavy atom. The third kappa shape index (κ3) is 5.76. The van der Waals surface area contributed by atoms with Crippen molar-refractivity contribution in [3.05, 3.63) is 63.6 Å². The van der Waals surface area contributed by atoms with E-state index in [0.29, 0.717) is 28.7 Å². The van der Waals surface area contributed by atoms with Gasteiger partial charge in [0.25, 0.3) is 0 Å². The lowest BCUT2D eigenvalue weighted by atomic mass is 10.1. The summed E-state index contributed by atoms with van der Waals surface area (Å²) < 4.78 is 0. The third-order valence-corrected chi connectivity index (χ3v) is 4.31. The van der Waals surface area contributed by atoms with Gasteiger partial charge in [-0.05, 0) is 48.7 Å². The molecule has 2 aromatic rings. The van der Waals surface area contributed by atoms with Crippen molar-refractivity contribution in [1.82, 2.24) is 5.32 Å². The van der Waals surface area contributed by atoms with Crippen molar-refractivity contribution in [2.45, 2.75) is 20.3 Å². The molecule has 0 aromatic heterocycles. The Morgan fingerprint density at radius 1 is 1.12 bits per heavy atom. The monoisotopic (exact) mass is 378 g/mol. The number of carbonyl (C=O) groups excluding carboxylic acids is 2. The van der Waals surface area contributed by atoms with Crippen molar-refractivity contribution in [3.8, 4) is 0 Å². The Labute approximate surface area is 157 Å². The second-order valence-corrected chi connectivity index (χ2v) is 6.62. The van der Waals surface area contributed by atoms with Gasteiger partial charge in [-0.25, -0.2) is 0 Å². The molecule has 4 nitrogen and oxygen atoms in total. The Bertz CT molecular complexity index is 778. The number of hydrogen-bond donors (Lipinski definition) is 1. The summed E-state index contributed by atoms with van der Waals surface area (Å²) in [6.45, 7) is 3.80. The number of nitrogens with zero attached hydrogens (tertiary/aromatic N) is 1. The molecule has 6 heteroatoms. The van der Waals surface area contributed by atoms with Crippen LogP contribution in [0.15, 0.2) is 42.5 Å². The normalized spacial score (nSPS) is 10.4. The summed E-state index contributed by atoms with van der Waals surface area (Å²) in [5.41, 5.74) is 2.65. The number of anilines is 1. The predicted molar refractivity (Wildman–Crippen MR) is 102 cm³/mol. The molecule has 0 atom stereocenters. The number of hydrogen-bond acceptors (Lipinski definition) is 2. The molecule has 0 aliphatic carbocycles. The van der Waals surface area contributed by atoms with E-state index < -0.39 is 0 Å². The van der Waals surface area contributed by atoms with Gasteiger partial charge in [0.2, 0.25) is 11.8 Å². The minimum atomic E-state index is -0.221. The molecule has 2 amide bonds. The molecule has 25 heavy (non-hydrogen) atoms. The number of benzene rings is 2. The Kier molecular flexibility index (Phi) is 6.85. The summed E-state index contributed by atoms with van der Waals surface area (Å²) in [5.74, 6) is -0.400. The molecule has 0 heterocycles. The molecule has 0 unspecified atom stereocenters. The van der Waals surface area contributed by atoms with Gasteiger partial charge < -0.3 is 10.2 Å². The van der Waals surface area contributed by atoms with Crippen LogP contribution in [0.5, 0.6) is 0 Å². The lowest BCUT2D eigenvalue weighted by Crippen LogP contribution is -2.40. The molecule has 0 aliphatic heterocycles.